The zero-order valence-corrected chi connectivity index (χ0v) is 28.7. The molecule has 1 aliphatic rings. The van der Waals surface area contributed by atoms with E-state index in [1.54, 1.807) is 0 Å². The summed E-state index contributed by atoms with van der Waals surface area (Å²) < 4.78 is 0. The van der Waals surface area contributed by atoms with Crippen LogP contribution in [0.1, 0.15) is 25.0 Å². The van der Waals surface area contributed by atoms with Crippen molar-refractivity contribution in [1.82, 2.24) is 0 Å². The Morgan fingerprint density at radius 3 is 1.43 bits per heavy atom. The highest BCUT2D eigenvalue weighted by atomic mass is 14.4. The molecule has 0 saturated heterocycles. The van der Waals surface area contributed by atoms with Crippen molar-refractivity contribution in [3.8, 4) is 33.4 Å². The van der Waals surface area contributed by atoms with Crippen molar-refractivity contribution >= 4 is 64.6 Å². The SMILES string of the molecule is CC1(C)c2ccccc2-c2ccc(-c3c4ccc5ccccc5c4c(-c4ccc5ccc6ccccc6c5c4)c4ccc5ccccc5c34)cc21. The summed E-state index contributed by atoms with van der Waals surface area (Å²) in [4.78, 5) is 0. The molecule has 0 saturated carbocycles. The molecular weight excluding hydrogens is 613 g/mol. The predicted molar refractivity (Wildman–Crippen MR) is 220 cm³/mol. The fourth-order valence-corrected chi connectivity index (χ4v) is 9.38. The van der Waals surface area contributed by atoms with Crippen LogP contribution in [-0.2, 0) is 5.41 Å². The number of hydrogen-bond acceptors (Lipinski definition) is 0. The van der Waals surface area contributed by atoms with Gasteiger partial charge in [0.15, 0.2) is 0 Å². The van der Waals surface area contributed by atoms with Crippen LogP contribution in [0.15, 0.2) is 170 Å². The zero-order valence-electron chi connectivity index (χ0n) is 28.7. The third kappa shape index (κ3) is 3.96. The normalized spacial score (nSPS) is 13.5. The summed E-state index contributed by atoms with van der Waals surface area (Å²) in [7, 11) is 0. The highest BCUT2D eigenvalue weighted by molar-refractivity contribution is 6.32. The molecule has 1 aliphatic carbocycles. The van der Waals surface area contributed by atoms with Crippen LogP contribution in [-0.4, -0.2) is 0 Å². The van der Waals surface area contributed by atoms with E-state index in [1.165, 1.54) is 109 Å². The van der Waals surface area contributed by atoms with Gasteiger partial charge in [0.2, 0.25) is 0 Å². The Bertz CT molecular complexity index is 3100. The Morgan fingerprint density at radius 1 is 0.314 bits per heavy atom. The number of fused-ring (bicyclic) bond motifs is 12. The second-order valence-corrected chi connectivity index (χ2v) is 14.8. The van der Waals surface area contributed by atoms with Crippen LogP contribution < -0.4 is 0 Å². The van der Waals surface area contributed by atoms with Gasteiger partial charge in [-0.2, -0.15) is 0 Å². The molecule has 0 radical (unpaired) electrons. The van der Waals surface area contributed by atoms with Gasteiger partial charge in [-0.1, -0.05) is 172 Å². The highest BCUT2D eigenvalue weighted by Gasteiger charge is 2.35. The Hall–Kier alpha value is -6.24. The van der Waals surface area contributed by atoms with E-state index in [0.29, 0.717) is 0 Å². The molecule has 51 heavy (non-hydrogen) atoms. The minimum absolute atomic E-state index is 0.0872. The second-order valence-electron chi connectivity index (χ2n) is 14.8. The average molecular weight is 647 g/mol. The number of rotatable bonds is 2. The van der Waals surface area contributed by atoms with Crippen LogP contribution >= 0.6 is 0 Å². The summed E-state index contributed by atoms with van der Waals surface area (Å²) in [6.07, 6.45) is 0. The molecule has 0 N–H and O–H groups in total. The van der Waals surface area contributed by atoms with E-state index >= 15 is 0 Å². The molecule has 0 unspecified atom stereocenters. The summed E-state index contributed by atoms with van der Waals surface area (Å²) >= 11 is 0. The van der Waals surface area contributed by atoms with Crippen molar-refractivity contribution in [1.29, 1.82) is 0 Å². The summed E-state index contributed by atoms with van der Waals surface area (Å²) in [5.74, 6) is 0. The minimum Gasteiger partial charge on any atom is -0.0619 e. The maximum Gasteiger partial charge on any atom is 0.0159 e. The first-order chi connectivity index (χ1) is 25.1. The van der Waals surface area contributed by atoms with Gasteiger partial charge in [0.1, 0.15) is 0 Å². The Kier molecular flexibility index (Phi) is 5.82. The molecule has 0 aromatic heterocycles. The Labute approximate surface area is 297 Å². The van der Waals surface area contributed by atoms with Crippen LogP contribution in [0.4, 0.5) is 0 Å². The molecule has 0 heteroatoms. The molecule has 10 aromatic rings. The molecule has 238 valence electrons. The maximum atomic E-state index is 2.50. The van der Waals surface area contributed by atoms with Crippen LogP contribution in [0.2, 0.25) is 0 Å². The van der Waals surface area contributed by atoms with E-state index < -0.39 is 0 Å². The summed E-state index contributed by atoms with van der Waals surface area (Å²) in [5.41, 5.74) is 10.6. The molecule has 0 amide bonds. The Balaban J connectivity index is 1.33. The lowest BCUT2D eigenvalue weighted by molar-refractivity contribution is 0.660. The molecule has 10 aromatic carbocycles. The quantitative estimate of drug-likeness (QED) is 0.129. The lowest BCUT2D eigenvalue weighted by Gasteiger charge is -2.24. The summed E-state index contributed by atoms with van der Waals surface area (Å²) in [6, 6.07) is 63.9. The molecular formula is C51H34. The highest BCUT2D eigenvalue weighted by Crippen LogP contribution is 2.53. The van der Waals surface area contributed by atoms with Crippen LogP contribution in [0.25, 0.3) is 98.0 Å². The van der Waals surface area contributed by atoms with E-state index in [1.807, 2.05) is 0 Å². The van der Waals surface area contributed by atoms with E-state index in [0.717, 1.165) is 0 Å². The number of hydrogen-bond donors (Lipinski definition) is 0. The Morgan fingerprint density at radius 2 is 0.765 bits per heavy atom. The monoisotopic (exact) mass is 646 g/mol. The summed E-state index contributed by atoms with van der Waals surface area (Å²) in [6.45, 7) is 4.76. The van der Waals surface area contributed by atoms with Gasteiger partial charge in [0.05, 0.1) is 0 Å². The molecule has 11 rings (SSSR count). The van der Waals surface area contributed by atoms with Crippen molar-refractivity contribution in [2.45, 2.75) is 19.3 Å². The first kappa shape index (κ1) is 28.6. The van der Waals surface area contributed by atoms with Crippen molar-refractivity contribution in [2.24, 2.45) is 0 Å². The number of benzene rings is 10. The van der Waals surface area contributed by atoms with Crippen molar-refractivity contribution in [2.75, 3.05) is 0 Å². The summed E-state index contributed by atoms with van der Waals surface area (Å²) in [5, 5.41) is 15.4. The fraction of sp³-hybridized carbons (Fsp3) is 0.0588. The fourth-order valence-electron chi connectivity index (χ4n) is 9.38. The first-order valence-electron chi connectivity index (χ1n) is 18.0. The zero-order chi connectivity index (χ0) is 33.8. The molecule has 0 bridgehead atoms. The van der Waals surface area contributed by atoms with Gasteiger partial charge < -0.3 is 0 Å². The predicted octanol–water partition coefficient (Wildman–Crippen LogP) is 14.2. The molecule has 0 heterocycles. The van der Waals surface area contributed by atoms with E-state index in [4.69, 9.17) is 0 Å². The molecule has 0 aliphatic heterocycles. The molecule has 0 nitrogen and oxygen atoms in total. The van der Waals surface area contributed by atoms with E-state index in [-0.39, 0.29) is 5.41 Å². The molecule has 0 spiro atoms. The van der Waals surface area contributed by atoms with Crippen LogP contribution in [0.5, 0.6) is 0 Å². The van der Waals surface area contributed by atoms with Gasteiger partial charge in [0, 0.05) is 5.41 Å². The smallest absolute Gasteiger partial charge is 0.0159 e. The maximum absolute atomic E-state index is 2.50. The largest absolute Gasteiger partial charge is 0.0619 e. The van der Waals surface area contributed by atoms with Crippen LogP contribution in [0.3, 0.4) is 0 Å². The minimum atomic E-state index is -0.0872. The average Bonchev–Trinajstić information content (AvgIpc) is 3.41. The third-order valence-corrected chi connectivity index (χ3v) is 11.8. The van der Waals surface area contributed by atoms with Gasteiger partial charge in [-0.15, -0.1) is 0 Å². The molecule has 0 fully saturated rings. The van der Waals surface area contributed by atoms with Gasteiger partial charge in [0.25, 0.3) is 0 Å². The van der Waals surface area contributed by atoms with Gasteiger partial charge in [-0.3, -0.25) is 0 Å². The topological polar surface area (TPSA) is 0 Å². The van der Waals surface area contributed by atoms with Gasteiger partial charge in [-0.05, 0) is 121 Å². The van der Waals surface area contributed by atoms with Crippen molar-refractivity contribution < 1.29 is 0 Å². The van der Waals surface area contributed by atoms with Gasteiger partial charge in [-0.25, -0.2) is 0 Å². The third-order valence-electron chi connectivity index (χ3n) is 11.8. The van der Waals surface area contributed by atoms with Gasteiger partial charge >= 0.3 is 0 Å². The lowest BCUT2D eigenvalue weighted by atomic mass is 9.79. The van der Waals surface area contributed by atoms with E-state index in [9.17, 15) is 0 Å². The molecule has 0 atom stereocenters. The van der Waals surface area contributed by atoms with E-state index in [2.05, 4.69) is 184 Å². The first-order valence-corrected chi connectivity index (χ1v) is 18.0. The second kappa shape index (κ2) is 10.4. The van der Waals surface area contributed by atoms with Crippen molar-refractivity contribution in [3.05, 3.63) is 181 Å². The van der Waals surface area contributed by atoms with Crippen LogP contribution in [0, 0.1) is 0 Å². The lowest BCUT2D eigenvalue weighted by Crippen LogP contribution is -2.14. The van der Waals surface area contributed by atoms with Crippen molar-refractivity contribution in [3.63, 3.8) is 0 Å². The standard InChI is InChI=1S/C51H34/c1-51(2)45-18-10-9-17-40(45)41-26-25-36(30-46(41)51)48-43-28-24-32-12-4-7-15-38(32)49(43)47(42-27-23-33-13-5-8-16-39(33)50(42)48)35-22-21-34-20-19-31-11-3-6-14-37(31)44(34)29-35/h3-30H,1-2H3.